The minimum absolute atomic E-state index is 0.00601. The predicted molar refractivity (Wildman–Crippen MR) is 68.0 cm³/mol. The zero-order chi connectivity index (χ0) is 14.3. The number of rotatable bonds is 7. The van der Waals surface area contributed by atoms with Gasteiger partial charge in [-0.25, -0.2) is 8.78 Å². The first-order valence-electron chi connectivity index (χ1n) is 5.50. The minimum atomic E-state index is -0.994. The van der Waals surface area contributed by atoms with Crippen molar-refractivity contribution >= 4 is 23.6 Å². The molecule has 0 spiro atoms. The van der Waals surface area contributed by atoms with Gasteiger partial charge >= 0.3 is 5.97 Å². The number of hydrogen-bond acceptors (Lipinski definition) is 3. The molecule has 1 amide bonds. The van der Waals surface area contributed by atoms with E-state index in [9.17, 15) is 18.4 Å². The lowest BCUT2D eigenvalue weighted by Gasteiger charge is -2.06. The number of nitrogens with one attached hydrogen (secondary N) is 1. The van der Waals surface area contributed by atoms with Crippen LogP contribution in [0, 0.1) is 11.6 Å². The van der Waals surface area contributed by atoms with Gasteiger partial charge in [0.25, 0.3) is 0 Å². The van der Waals surface area contributed by atoms with E-state index in [-0.39, 0.29) is 35.9 Å². The number of hydrogen-bond donors (Lipinski definition) is 2. The molecule has 1 rings (SSSR count). The van der Waals surface area contributed by atoms with Crippen molar-refractivity contribution in [2.24, 2.45) is 0 Å². The first-order chi connectivity index (χ1) is 9.00. The number of aliphatic carboxylic acids is 1. The number of amides is 1. The molecular formula is C12H13F2NO3S. The number of benzene rings is 1. The van der Waals surface area contributed by atoms with Crippen LogP contribution in [-0.4, -0.2) is 35.0 Å². The molecule has 0 saturated carbocycles. The molecular weight excluding hydrogens is 276 g/mol. The fourth-order valence-corrected chi connectivity index (χ4v) is 1.94. The van der Waals surface area contributed by atoms with Gasteiger partial charge in [-0.15, -0.1) is 11.8 Å². The van der Waals surface area contributed by atoms with Gasteiger partial charge in [0.05, 0.1) is 11.5 Å². The molecule has 0 saturated heterocycles. The highest BCUT2D eigenvalue weighted by Gasteiger charge is 2.09. The van der Waals surface area contributed by atoms with Gasteiger partial charge in [-0.2, -0.15) is 0 Å². The van der Waals surface area contributed by atoms with Gasteiger partial charge in [0.2, 0.25) is 5.91 Å². The van der Waals surface area contributed by atoms with Crippen molar-refractivity contribution in [2.45, 2.75) is 6.42 Å². The summed E-state index contributed by atoms with van der Waals surface area (Å²) >= 11 is 0.962. The van der Waals surface area contributed by atoms with Crippen LogP contribution in [0.25, 0.3) is 0 Å². The van der Waals surface area contributed by atoms with Gasteiger partial charge in [-0.05, 0) is 18.6 Å². The van der Waals surface area contributed by atoms with Crippen LogP contribution in [0.2, 0.25) is 0 Å². The third kappa shape index (κ3) is 5.69. The maximum atomic E-state index is 13.2. The SMILES string of the molecule is O=C(O)CSCC(=O)NCCc1c(F)cccc1F. The molecule has 7 heteroatoms. The van der Waals surface area contributed by atoms with Crippen molar-refractivity contribution in [3.8, 4) is 0 Å². The summed E-state index contributed by atoms with van der Waals surface area (Å²) in [5.74, 6) is -2.79. The maximum Gasteiger partial charge on any atom is 0.313 e. The third-order valence-electron chi connectivity index (χ3n) is 2.22. The van der Waals surface area contributed by atoms with Crippen molar-refractivity contribution in [1.82, 2.24) is 5.32 Å². The van der Waals surface area contributed by atoms with Gasteiger partial charge in [0.15, 0.2) is 0 Å². The van der Waals surface area contributed by atoms with E-state index in [4.69, 9.17) is 5.11 Å². The summed E-state index contributed by atoms with van der Waals surface area (Å²) in [5.41, 5.74) is -0.0685. The molecule has 1 aromatic carbocycles. The molecule has 0 unspecified atom stereocenters. The van der Waals surface area contributed by atoms with Crippen LogP contribution < -0.4 is 5.32 Å². The Morgan fingerprint density at radius 2 is 1.84 bits per heavy atom. The van der Waals surface area contributed by atoms with Crippen molar-refractivity contribution in [2.75, 3.05) is 18.1 Å². The molecule has 0 atom stereocenters. The van der Waals surface area contributed by atoms with E-state index in [1.165, 1.54) is 6.07 Å². The molecule has 2 N–H and O–H groups in total. The Labute approximate surface area is 113 Å². The number of carboxylic acids is 1. The van der Waals surface area contributed by atoms with Gasteiger partial charge < -0.3 is 10.4 Å². The quantitative estimate of drug-likeness (QED) is 0.797. The molecule has 0 aliphatic carbocycles. The second kappa shape index (κ2) is 7.73. The summed E-state index contributed by atoms with van der Waals surface area (Å²) in [6, 6.07) is 3.58. The molecule has 4 nitrogen and oxygen atoms in total. The summed E-state index contributed by atoms with van der Waals surface area (Å²) in [5, 5.41) is 10.8. The van der Waals surface area contributed by atoms with E-state index in [1.807, 2.05) is 0 Å². The van der Waals surface area contributed by atoms with Crippen LogP contribution in [0.4, 0.5) is 8.78 Å². The molecule has 0 bridgehead atoms. The first-order valence-corrected chi connectivity index (χ1v) is 6.65. The van der Waals surface area contributed by atoms with Gasteiger partial charge in [-0.3, -0.25) is 9.59 Å². The fourth-order valence-electron chi connectivity index (χ4n) is 1.38. The number of carbonyl (C=O) groups is 2. The van der Waals surface area contributed by atoms with E-state index < -0.39 is 17.6 Å². The lowest BCUT2D eigenvalue weighted by Crippen LogP contribution is -2.28. The van der Waals surface area contributed by atoms with Crippen LogP contribution in [-0.2, 0) is 16.0 Å². The minimum Gasteiger partial charge on any atom is -0.481 e. The zero-order valence-electron chi connectivity index (χ0n) is 9.99. The summed E-state index contributed by atoms with van der Waals surface area (Å²) in [6.45, 7) is 0.102. The summed E-state index contributed by atoms with van der Waals surface area (Å²) in [6.07, 6.45) is 0.0494. The average molecular weight is 289 g/mol. The van der Waals surface area contributed by atoms with Gasteiger partial charge in [-0.1, -0.05) is 6.07 Å². The lowest BCUT2D eigenvalue weighted by molar-refractivity contribution is -0.133. The van der Waals surface area contributed by atoms with E-state index in [1.54, 1.807) is 0 Å². The summed E-state index contributed by atoms with van der Waals surface area (Å²) in [4.78, 5) is 21.5. The Balaban J connectivity index is 2.30. The Kier molecular flexibility index (Phi) is 6.27. The number of halogens is 2. The molecule has 0 fully saturated rings. The standard InChI is InChI=1S/C12H13F2NO3S/c13-9-2-1-3-10(14)8(9)4-5-15-11(16)6-19-7-12(17)18/h1-3H,4-7H2,(H,15,16)(H,17,18). The average Bonchev–Trinajstić information content (AvgIpc) is 2.32. The van der Waals surface area contributed by atoms with Crippen molar-refractivity contribution in [1.29, 1.82) is 0 Å². The highest BCUT2D eigenvalue weighted by atomic mass is 32.2. The van der Waals surface area contributed by atoms with E-state index in [0.717, 1.165) is 23.9 Å². The Morgan fingerprint density at radius 1 is 1.21 bits per heavy atom. The Morgan fingerprint density at radius 3 is 2.42 bits per heavy atom. The second-order valence-electron chi connectivity index (χ2n) is 3.69. The van der Waals surface area contributed by atoms with Crippen molar-refractivity contribution < 1.29 is 23.5 Å². The molecule has 0 aromatic heterocycles. The molecule has 1 aromatic rings. The normalized spacial score (nSPS) is 10.2. The fraction of sp³-hybridized carbons (Fsp3) is 0.333. The molecule has 19 heavy (non-hydrogen) atoms. The largest absolute Gasteiger partial charge is 0.481 e. The number of carbonyl (C=O) groups excluding carboxylic acids is 1. The molecule has 0 aliphatic rings. The highest BCUT2D eigenvalue weighted by Crippen LogP contribution is 2.12. The summed E-state index contributed by atoms with van der Waals surface area (Å²) in [7, 11) is 0. The zero-order valence-corrected chi connectivity index (χ0v) is 10.8. The number of carboxylic acid groups (broad SMARTS) is 1. The molecule has 0 aliphatic heterocycles. The molecule has 0 radical (unpaired) electrons. The monoisotopic (exact) mass is 289 g/mol. The van der Waals surface area contributed by atoms with Gasteiger partial charge in [0, 0.05) is 12.1 Å². The summed E-state index contributed by atoms with van der Waals surface area (Å²) < 4.78 is 26.5. The van der Waals surface area contributed by atoms with Crippen LogP contribution in [0.3, 0.4) is 0 Å². The Bertz CT molecular complexity index is 448. The van der Waals surface area contributed by atoms with Crippen LogP contribution >= 0.6 is 11.8 Å². The topological polar surface area (TPSA) is 66.4 Å². The highest BCUT2D eigenvalue weighted by molar-refractivity contribution is 8.00. The van der Waals surface area contributed by atoms with E-state index >= 15 is 0 Å². The van der Waals surface area contributed by atoms with E-state index in [0.29, 0.717) is 0 Å². The molecule has 104 valence electrons. The smallest absolute Gasteiger partial charge is 0.313 e. The predicted octanol–water partition coefficient (Wildman–Crippen LogP) is 1.44. The lowest BCUT2D eigenvalue weighted by atomic mass is 10.1. The van der Waals surface area contributed by atoms with Crippen LogP contribution in [0.5, 0.6) is 0 Å². The van der Waals surface area contributed by atoms with Crippen LogP contribution in [0.15, 0.2) is 18.2 Å². The Hall–Kier alpha value is -1.63. The second-order valence-corrected chi connectivity index (χ2v) is 4.67. The van der Waals surface area contributed by atoms with Crippen molar-refractivity contribution in [3.63, 3.8) is 0 Å². The van der Waals surface area contributed by atoms with Gasteiger partial charge in [0.1, 0.15) is 11.6 Å². The van der Waals surface area contributed by atoms with Crippen molar-refractivity contribution in [3.05, 3.63) is 35.4 Å². The van der Waals surface area contributed by atoms with Crippen LogP contribution in [0.1, 0.15) is 5.56 Å². The van der Waals surface area contributed by atoms with E-state index in [2.05, 4.69) is 5.32 Å². The molecule has 0 heterocycles. The first kappa shape index (κ1) is 15.4. The third-order valence-corrected chi connectivity index (χ3v) is 3.13. The maximum absolute atomic E-state index is 13.2. The number of thioether (sulfide) groups is 1.